The van der Waals surface area contributed by atoms with Crippen LogP contribution in [-0.2, 0) is 16.6 Å². The zero-order valence-electron chi connectivity index (χ0n) is 12.4. The molecule has 0 unspecified atom stereocenters. The zero-order valence-corrected chi connectivity index (χ0v) is 12.4. The van der Waals surface area contributed by atoms with E-state index in [0.717, 1.165) is 12.0 Å². The van der Waals surface area contributed by atoms with Gasteiger partial charge in [-0.3, -0.25) is 0 Å². The number of aliphatic carboxylic acids is 1. The molecule has 0 aliphatic heterocycles. The largest absolute Gasteiger partial charge is 0.550 e. The molecule has 3 nitrogen and oxygen atoms in total. The third-order valence-electron chi connectivity index (χ3n) is 3.11. The van der Waals surface area contributed by atoms with Crippen molar-refractivity contribution in [2.45, 2.75) is 52.9 Å². The summed E-state index contributed by atoms with van der Waals surface area (Å²) in [6, 6.07) is 4.97. The topological polar surface area (TPSA) is 60.4 Å². The highest BCUT2D eigenvalue weighted by atomic mass is 16.4. The van der Waals surface area contributed by atoms with Crippen molar-refractivity contribution >= 4 is 5.97 Å². The molecule has 106 valence electrons. The van der Waals surface area contributed by atoms with Gasteiger partial charge in [-0.05, 0) is 34.4 Å². The number of hydrogen-bond acceptors (Lipinski definition) is 3. The van der Waals surface area contributed by atoms with Crippen LogP contribution in [0.1, 0.15) is 52.2 Å². The summed E-state index contributed by atoms with van der Waals surface area (Å²) in [7, 11) is 0. The molecule has 1 rings (SSSR count). The van der Waals surface area contributed by atoms with E-state index in [1.807, 2.05) is 0 Å². The maximum atomic E-state index is 10.7. The number of rotatable bonds is 4. The first-order chi connectivity index (χ1) is 8.51. The Labute approximate surface area is 115 Å². The van der Waals surface area contributed by atoms with Crippen molar-refractivity contribution in [1.82, 2.24) is 0 Å². The van der Waals surface area contributed by atoms with E-state index in [4.69, 9.17) is 0 Å². The maximum Gasteiger partial charge on any atom is 0.119 e. The standard InChI is InChI=1S/C16H24O3/c1-15(2,3)10-16(4,5)12-8-11(9-14(18)19)6-7-13(12)17/h6-8,17H,9-10H2,1-5H3,(H,18,19)/p-1. The summed E-state index contributed by atoms with van der Waals surface area (Å²) in [4.78, 5) is 10.7. The molecule has 0 bridgehead atoms. The molecule has 0 atom stereocenters. The van der Waals surface area contributed by atoms with E-state index >= 15 is 0 Å². The molecule has 0 saturated heterocycles. The summed E-state index contributed by atoms with van der Waals surface area (Å²) in [5.41, 5.74) is 1.36. The Morgan fingerprint density at radius 2 is 1.79 bits per heavy atom. The van der Waals surface area contributed by atoms with Crippen LogP contribution in [-0.4, -0.2) is 11.1 Å². The van der Waals surface area contributed by atoms with Gasteiger partial charge in [-0.2, -0.15) is 0 Å². The van der Waals surface area contributed by atoms with Crippen LogP contribution in [0.15, 0.2) is 18.2 Å². The molecule has 0 amide bonds. The van der Waals surface area contributed by atoms with E-state index in [-0.39, 0.29) is 23.0 Å². The number of phenolic OH excluding ortho intramolecular Hbond substituents is 1. The van der Waals surface area contributed by atoms with Crippen LogP contribution in [0.3, 0.4) is 0 Å². The fourth-order valence-corrected chi connectivity index (χ4v) is 2.82. The van der Waals surface area contributed by atoms with Gasteiger partial charge in [-0.25, -0.2) is 0 Å². The molecule has 1 aromatic carbocycles. The summed E-state index contributed by atoms with van der Waals surface area (Å²) in [5, 5.41) is 20.7. The first kappa shape index (κ1) is 15.5. The summed E-state index contributed by atoms with van der Waals surface area (Å²) in [6.45, 7) is 10.6. The number of carbonyl (C=O) groups excluding carboxylic acids is 1. The highest BCUT2D eigenvalue weighted by Gasteiger charge is 2.29. The molecule has 0 fully saturated rings. The molecule has 0 heterocycles. The van der Waals surface area contributed by atoms with Gasteiger partial charge in [-0.1, -0.05) is 46.8 Å². The van der Waals surface area contributed by atoms with Crippen LogP contribution in [0.5, 0.6) is 5.75 Å². The van der Waals surface area contributed by atoms with Gasteiger partial charge in [-0.15, -0.1) is 0 Å². The lowest BCUT2D eigenvalue weighted by molar-refractivity contribution is -0.304. The molecule has 0 radical (unpaired) electrons. The number of carbonyl (C=O) groups is 1. The van der Waals surface area contributed by atoms with E-state index in [2.05, 4.69) is 34.6 Å². The van der Waals surface area contributed by atoms with Crippen molar-refractivity contribution in [1.29, 1.82) is 0 Å². The Hall–Kier alpha value is -1.51. The summed E-state index contributed by atoms with van der Waals surface area (Å²) in [6.07, 6.45) is 0.765. The molecule has 1 aromatic rings. The lowest BCUT2D eigenvalue weighted by Crippen LogP contribution is -2.26. The molecule has 1 N–H and O–H groups in total. The van der Waals surface area contributed by atoms with Crippen molar-refractivity contribution in [3.8, 4) is 5.75 Å². The highest BCUT2D eigenvalue weighted by molar-refractivity contribution is 5.68. The zero-order chi connectivity index (χ0) is 14.8. The second-order valence-corrected chi connectivity index (χ2v) is 7.02. The Kier molecular flexibility index (Phi) is 4.28. The van der Waals surface area contributed by atoms with Gasteiger partial charge in [0.15, 0.2) is 0 Å². The van der Waals surface area contributed by atoms with Crippen LogP contribution in [0.2, 0.25) is 0 Å². The lowest BCUT2D eigenvalue weighted by atomic mass is 9.71. The monoisotopic (exact) mass is 263 g/mol. The maximum absolute atomic E-state index is 10.7. The third-order valence-corrected chi connectivity index (χ3v) is 3.11. The van der Waals surface area contributed by atoms with Gasteiger partial charge in [0.1, 0.15) is 5.75 Å². The van der Waals surface area contributed by atoms with Crippen LogP contribution >= 0.6 is 0 Å². The Balaban J connectivity index is 3.13. The molecule has 3 heteroatoms. The number of carboxylic acid groups (broad SMARTS) is 1. The van der Waals surface area contributed by atoms with E-state index < -0.39 is 5.97 Å². The minimum atomic E-state index is -1.11. The van der Waals surface area contributed by atoms with E-state index in [1.165, 1.54) is 0 Å². The number of aromatic hydroxyl groups is 1. The lowest BCUT2D eigenvalue weighted by Gasteiger charge is -2.33. The first-order valence-electron chi connectivity index (χ1n) is 6.53. The summed E-state index contributed by atoms with van der Waals surface area (Å²) in [5.74, 6) is -0.887. The predicted molar refractivity (Wildman–Crippen MR) is 73.9 cm³/mol. The van der Waals surface area contributed by atoms with E-state index in [9.17, 15) is 15.0 Å². The van der Waals surface area contributed by atoms with Crippen LogP contribution in [0.25, 0.3) is 0 Å². The fraction of sp³-hybridized carbons (Fsp3) is 0.562. The van der Waals surface area contributed by atoms with Gasteiger partial charge >= 0.3 is 0 Å². The molecule has 0 aliphatic carbocycles. The normalized spacial score (nSPS) is 12.5. The first-order valence-corrected chi connectivity index (χ1v) is 6.53. The second-order valence-electron chi connectivity index (χ2n) is 7.02. The van der Waals surface area contributed by atoms with Gasteiger partial charge < -0.3 is 15.0 Å². The summed E-state index contributed by atoms with van der Waals surface area (Å²) < 4.78 is 0. The van der Waals surface area contributed by atoms with Gasteiger partial charge in [0.05, 0.1) is 0 Å². The molecular formula is C16H23O3-. The Morgan fingerprint density at radius 3 is 2.26 bits per heavy atom. The Morgan fingerprint density at radius 1 is 1.21 bits per heavy atom. The second kappa shape index (κ2) is 5.24. The van der Waals surface area contributed by atoms with Crippen molar-refractivity contribution in [2.24, 2.45) is 5.41 Å². The smallest absolute Gasteiger partial charge is 0.119 e. The number of benzene rings is 1. The molecule has 0 saturated carbocycles. The van der Waals surface area contributed by atoms with E-state index in [1.54, 1.807) is 18.2 Å². The SMILES string of the molecule is CC(C)(C)CC(C)(C)c1cc(CC(=O)[O-])ccc1O. The van der Waals surface area contributed by atoms with Crippen LogP contribution < -0.4 is 5.11 Å². The van der Waals surface area contributed by atoms with Crippen LogP contribution in [0, 0.1) is 5.41 Å². The van der Waals surface area contributed by atoms with Crippen molar-refractivity contribution < 1.29 is 15.0 Å². The Bertz CT molecular complexity index is 467. The fourth-order valence-electron chi connectivity index (χ4n) is 2.82. The molecule has 19 heavy (non-hydrogen) atoms. The summed E-state index contributed by atoms with van der Waals surface area (Å²) >= 11 is 0. The van der Waals surface area contributed by atoms with Gasteiger partial charge in [0, 0.05) is 12.4 Å². The molecule has 0 aliphatic rings. The number of phenols is 1. The van der Waals surface area contributed by atoms with Crippen molar-refractivity contribution in [3.63, 3.8) is 0 Å². The number of carboxylic acids is 1. The average molecular weight is 263 g/mol. The van der Waals surface area contributed by atoms with E-state index in [0.29, 0.717) is 5.56 Å². The minimum Gasteiger partial charge on any atom is -0.550 e. The molecular weight excluding hydrogens is 240 g/mol. The molecule has 0 aromatic heterocycles. The van der Waals surface area contributed by atoms with Gasteiger partial charge in [0.2, 0.25) is 0 Å². The van der Waals surface area contributed by atoms with Crippen LogP contribution in [0.4, 0.5) is 0 Å². The highest BCUT2D eigenvalue weighted by Crippen LogP contribution is 2.40. The molecule has 0 spiro atoms. The predicted octanol–water partition coefficient (Wildman–Crippen LogP) is 2.40. The third kappa shape index (κ3) is 4.58. The number of hydrogen-bond donors (Lipinski definition) is 1. The van der Waals surface area contributed by atoms with Crippen molar-refractivity contribution in [3.05, 3.63) is 29.3 Å². The quantitative estimate of drug-likeness (QED) is 0.907. The van der Waals surface area contributed by atoms with Crippen molar-refractivity contribution in [2.75, 3.05) is 0 Å². The van der Waals surface area contributed by atoms with Gasteiger partial charge in [0.25, 0.3) is 0 Å². The minimum absolute atomic E-state index is 0.125. The average Bonchev–Trinajstić information content (AvgIpc) is 2.16.